The van der Waals surface area contributed by atoms with E-state index in [1.54, 1.807) is 19.1 Å². The van der Waals surface area contributed by atoms with Gasteiger partial charge in [-0.2, -0.15) is 5.10 Å². The maximum Gasteiger partial charge on any atom is 0.290 e. The Morgan fingerprint density at radius 1 is 1.43 bits per heavy atom. The van der Waals surface area contributed by atoms with E-state index in [9.17, 15) is 4.79 Å². The second-order valence-electron chi connectivity index (χ2n) is 2.50. The van der Waals surface area contributed by atoms with Gasteiger partial charge < -0.3 is 5.73 Å². The Hall–Kier alpha value is -1.76. The van der Waals surface area contributed by atoms with Gasteiger partial charge in [0.05, 0.1) is 5.69 Å². The van der Waals surface area contributed by atoms with E-state index in [-0.39, 0.29) is 10.8 Å². The summed E-state index contributed by atoms with van der Waals surface area (Å²) < 4.78 is 0. The Kier molecular flexibility index (Phi) is 3.29. The maximum absolute atomic E-state index is 11.3. The molecular formula is C7H9N5OS. The number of nitrogens with two attached hydrogens (primary N) is 1. The van der Waals surface area contributed by atoms with Gasteiger partial charge >= 0.3 is 0 Å². The van der Waals surface area contributed by atoms with E-state index in [4.69, 9.17) is 5.73 Å². The molecule has 1 heterocycles. The zero-order chi connectivity index (χ0) is 10.6. The molecule has 0 bridgehead atoms. The number of nitrogens with one attached hydrogen (secondary N) is 2. The molecule has 0 radical (unpaired) electrons. The smallest absolute Gasteiger partial charge is 0.290 e. The van der Waals surface area contributed by atoms with Gasteiger partial charge in [-0.25, -0.2) is 0 Å². The molecule has 74 valence electrons. The van der Waals surface area contributed by atoms with Gasteiger partial charge in [-0.05, 0) is 31.3 Å². The summed E-state index contributed by atoms with van der Waals surface area (Å²) in [6.45, 7) is 1.78. The number of carbonyl (C=O) groups excluding carboxylic acids is 1. The first-order chi connectivity index (χ1) is 6.59. The first-order valence-electron chi connectivity index (χ1n) is 3.75. The molecule has 14 heavy (non-hydrogen) atoms. The molecule has 1 aromatic heterocycles. The predicted molar refractivity (Wildman–Crippen MR) is 54.2 cm³/mol. The van der Waals surface area contributed by atoms with Crippen LogP contribution in [0.1, 0.15) is 16.2 Å². The van der Waals surface area contributed by atoms with Crippen LogP contribution in [0.3, 0.4) is 0 Å². The van der Waals surface area contributed by atoms with E-state index < -0.39 is 5.91 Å². The normalized spacial score (nSPS) is 9.21. The number of hydrazine groups is 1. The molecule has 0 aliphatic carbocycles. The summed E-state index contributed by atoms with van der Waals surface area (Å²) in [5, 5.41) is 7.38. The van der Waals surface area contributed by atoms with Gasteiger partial charge in [0.25, 0.3) is 5.91 Å². The van der Waals surface area contributed by atoms with Crippen molar-refractivity contribution in [2.75, 3.05) is 0 Å². The SMILES string of the molecule is Cc1ccc(C(=O)NNC(N)=S)nn1. The lowest BCUT2D eigenvalue weighted by atomic mass is 10.3. The van der Waals surface area contributed by atoms with Crippen molar-refractivity contribution in [1.82, 2.24) is 21.0 Å². The molecule has 1 aromatic rings. The number of aryl methyl sites for hydroxylation is 1. The van der Waals surface area contributed by atoms with Crippen LogP contribution < -0.4 is 16.6 Å². The standard InChI is InChI=1S/C7H9N5OS/c1-4-2-3-5(10-9-4)6(13)11-12-7(8)14/h2-3H,1H3,(H,11,13)(H3,8,12,14). The minimum atomic E-state index is -0.440. The molecule has 0 spiro atoms. The van der Waals surface area contributed by atoms with Crippen LogP contribution in [0.5, 0.6) is 0 Å². The van der Waals surface area contributed by atoms with Crippen molar-refractivity contribution in [2.45, 2.75) is 6.92 Å². The summed E-state index contributed by atoms with van der Waals surface area (Å²) in [6.07, 6.45) is 0. The topological polar surface area (TPSA) is 92.9 Å². The highest BCUT2D eigenvalue weighted by molar-refractivity contribution is 7.80. The van der Waals surface area contributed by atoms with E-state index in [0.717, 1.165) is 5.69 Å². The van der Waals surface area contributed by atoms with E-state index >= 15 is 0 Å². The Balaban J connectivity index is 2.61. The first kappa shape index (κ1) is 10.3. The highest BCUT2D eigenvalue weighted by atomic mass is 32.1. The maximum atomic E-state index is 11.3. The van der Waals surface area contributed by atoms with Crippen molar-refractivity contribution < 1.29 is 4.79 Å². The number of thiocarbonyl (C=S) groups is 1. The van der Waals surface area contributed by atoms with Gasteiger partial charge in [0.2, 0.25) is 0 Å². The highest BCUT2D eigenvalue weighted by Crippen LogP contribution is 1.93. The van der Waals surface area contributed by atoms with E-state index in [1.165, 1.54) is 0 Å². The van der Waals surface area contributed by atoms with Crippen molar-refractivity contribution >= 4 is 23.2 Å². The lowest BCUT2D eigenvalue weighted by Crippen LogP contribution is -2.44. The molecule has 1 rings (SSSR count). The number of aromatic nitrogens is 2. The quantitative estimate of drug-likeness (QED) is 0.418. The molecule has 0 saturated heterocycles. The fraction of sp³-hybridized carbons (Fsp3) is 0.143. The molecule has 7 heteroatoms. The predicted octanol–water partition coefficient (Wildman–Crippen LogP) is -0.737. The average molecular weight is 211 g/mol. The zero-order valence-corrected chi connectivity index (χ0v) is 8.26. The average Bonchev–Trinajstić information content (AvgIpc) is 2.15. The third-order valence-electron chi connectivity index (χ3n) is 1.33. The lowest BCUT2D eigenvalue weighted by Gasteiger charge is -2.04. The Bertz CT molecular complexity index is 350. The summed E-state index contributed by atoms with van der Waals surface area (Å²) in [4.78, 5) is 11.3. The lowest BCUT2D eigenvalue weighted by molar-refractivity contribution is 0.0938. The molecular weight excluding hydrogens is 202 g/mol. The number of hydrogen-bond donors (Lipinski definition) is 3. The number of hydrogen-bond acceptors (Lipinski definition) is 4. The molecule has 0 fully saturated rings. The third kappa shape index (κ3) is 2.94. The van der Waals surface area contributed by atoms with E-state index in [1.807, 2.05) is 0 Å². The van der Waals surface area contributed by atoms with Gasteiger partial charge in [-0.15, -0.1) is 5.10 Å². The number of nitrogens with zero attached hydrogens (tertiary/aromatic N) is 2. The fourth-order valence-electron chi connectivity index (χ4n) is 0.702. The van der Waals surface area contributed by atoms with Gasteiger partial charge in [0.1, 0.15) is 0 Å². The highest BCUT2D eigenvalue weighted by Gasteiger charge is 2.06. The van der Waals surface area contributed by atoms with Gasteiger partial charge in [-0.1, -0.05) is 0 Å². The van der Waals surface area contributed by atoms with Crippen LogP contribution in [0.2, 0.25) is 0 Å². The fourth-order valence-corrected chi connectivity index (χ4v) is 0.753. The molecule has 4 N–H and O–H groups in total. The monoisotopic (exact) mass is 211 g/mol. The molecule has 6 nitrogen and oxygen atoms in total. The van der Waals surface area contributed by atoms with Gasteiger partial charge in [-0.3, -0.25) is 15.6 Å². The molecule has 1 amide bonds. The summed E-state index contributed by atoms with van der Waals surface area (Å²) in [6, 6.07) is 3.24. The van der Waals surface area contributed by atoms with Crippen LogP contribution >= 0.6 is 12.2 Å². The molecule has 0 aromatic carbocycles. The van der Waals surface area contributed by atoms with Crippen LogP contribution in [0, 0.1) is 6.92 Å². The third-order valence-corrected chi connectivity index (χ3v) is 1.43. The summed E-state index contributed by atoms with van der Waals surface area (Å²) in [7, 11) is 0. The second kappa shape index (κ2) is 4.47. The van der Waals surface area contributed by atoms with Crippen molar-refractivity contribution in [2.24, 2.45) is 5.73 Å². The van der Waals surface area contributed by atoms with E-state index in [2.05, 4.69) is 33.3 Å². The minimum Gasteiger partial charge on any atom is -0.375 e. The number of rotatable bonds is 1. The summed E-state index contributed by atoms with van der Waals surface area (Å²) in [5.74, 6) is -0.440. The van der Waals surface area contributed by atoms with Crippen LogP contribution in [0.15, 0.2) is 12.1 Å². The molecule has 0 aliphatic rings. The van der Waals surface area contributed by atoms with Crippen molar-refractivity contribution in [3.05, 3.63) is 23.5 Å². The summed E-state index contributed by atoms with van der Waals surface area (Å²) in [5.41, 5.74) is 10.6. The van der Waals surface area contributed by atoms with Crippen LogP contribution in [0.4, 0.5) is 0 Å². The van der Waals surface area contributed by atoms with Crippen molar-refractivity contribution in [1.29, 1.82) is 0 Å². The van der Waals surface area contributed by atoms with Crippen molar-refractivity contribution in [3.8, 4) is 0 Å². The van der Waals surface area contributed by atoms with Crippen LogP contribution in [-0.4, -0.2) is 21.2 Å². The Labute approximate surface area is 85.9 Å². The van der Waals surface area contributed by atoms with Crippen LogP contribution in [0.25, 0.3) is 0 Å². The Morgan fingerprint density at radius 3 is 2.64 bits per heavy atom. The minimum absolute atomic E-state index is 0.0154. The first-order valence-corrected chi connectivity index (χ1v) is 4.16. The van der Waals surface area contributed by atoms with Gasteiger partial charge in [0.15, 0.2) is 10.8 Å². The number of carbonyl (C=O) groups is 1. The number of amides is 1. The largest absolute Gasteiger partial charge is 0.375 e. The molecule has 0 atom stereocenters. The molecule has 0 unspecified atom stereocenters. The molecule has 0 aliphatic heterocycles. The molecule has 0 saturated carbocycles. The summed E-state index contributed by atoms with van der Waals surface area (Å²) >= 11 is 4.50. The van der Waals surface area contributed by atoms with E-state index in [0.29, 0.717) is 0 Å². The van der Waals surface area contributed by atoms with Gasteiger partial charge in [0, 0.05) is 0 Å². The van der Waals surface area contributed by atoms with Crippen LogP contribution in [-0.2, 0) is 0 Å². The zero-order valence-electron chi connectivity index (χ0n) is 7.44. The van der Waals surface area contributed by atoms with Crippen molar-refractivity contribution in [3.63, 3.8) is 0 Å². The second-order valence-corrected chi connectivity index (χ2v) is 2.94. The Morgan fingerprint density at radius 2 is 2.14 bits per heavy atom.